The smallest absolute Gasteiger partial charge is 0.227 e. The Hall–Kier alpha value is -2.20. The number of hydrogen-bond donors (Lipinski definition) is 0. The number of piperazine rings is 1. The number of nitrogens with zero attached hydrogens (tertiary/aromatic N) is 2. The first kappa shape index (κ1) is 16.7. The van der Waals surface area contributed by atoms with Crippen LogP contribution >= 0.6 is 0 Å². The van der Waals surface area contributed by atoms with E-state index in [1.165, 1.54) is 17.7 Å². The van der Waals surface area contributed by atoms with Gasteiger partial charge in [-0.2, -0.15) is 0 Å². The van der Waals surface area contributed by atoms with Crippen molar-refractivity contribution in [2.75, 3.05) is 32.7 Å². The summed E-state index contributed by atoms with van der Waals surface area (Å²) in [5.74, 6) is -0.200. The Morgan fingerprint density at radius 2 is 1.62 bits per heavy atom. The quantitative estimate of drug-likeness (QED) is 0.843. The Kier molecular flexibility index (Phi) is 5.59. The fraction of sp³-hybridized carbons (Fsp3) is 0.350. The van der Waals surface area contributed by atoms with Crippen molar-refractivity contribution >= 4 is 5.91 Å². The van der Waals surface area contributed by atoms with Gasteiger partial charge in [-0.15, -0.1) is 0 Å². The van der Waals surface area contributed by atoms with Crippen molar-refractivity contribution in [1.29, 1.82) is 0 Å². The summed E-state index contributed by atoms with van der Waals surface area (Å²) >= 11 is 0. The molecule has 1 heterocycles. The largest absolute Gasteiger partial charge is 0.340 e. The van der Waals surface area contributed by atoms with Gasteiger partial charge >= 0.3 is 0 Å². The van der Waals surface area contributed by atoms with E-state index >= 15 is 0 Å². The summed E-state index contributed by atoms with van der Waals surface area (Å²) in [4.78, 5) is 16.6. The first-order valence-corrected chi connectivity index (χ1v) is 8.49. The van der Waals surface area contributed by atoms with E-state index in [4.69, 9.17) is 0 Å². The zero-order valence-corrected chi connectivity index (χ0v) is 13.8. The van der Waals surface area contributed by atoms with Gasteiger partial charge in [0.15, 0.2) is 0 Å². The Morgan fingerprint density at radius 1 is 0.917 bits per heavy atom. The third-order valence-electron chi connectivity index (χ3n) is 4.53. The zero-order valence-electron chi connectivity index (χ0n) is 13.8. The minimum absolute atomic E-state index is 0.0864. The minimum atomic E-state index is -0.286. The molecule has 0 bridgehead atoms. The lowest BCUT2D eigenvalue weighted by Gasteiger charge is -2.34. The maximum absolute atomic E-state index is 13.2. The lowest BCUT2D eigenvalue weighted by atomic mass is 10.1. The third-order valence-corrected chi connectivity index (χ3v) is 4.53. The molecule has 0 spiro atoms. The molecule has 1 aliphatic heterocycles. The number of hydrogen-bond acceptors (Lipinski definition) is 2. The van der Waals surface area contributed by atoms with Crippen LogP contribution in [-0.2, 0) is 17.6 Å². The highest BCUT2D eigenvalue weighted by atomic mass is 19.1. The molecule has 1 saturated heterocycles. The van der Waals surface area contributed by atoms with Crippen LogP contribution in [0.25, 0.3) is 0 Å². The summed E-state index contributed by atoms with van der Waals surface area (Å²) in [5, 5.41) is 0. The van der Waals surface area contributed by atoms with Gasteiger partial charge in [0.1, 0.15) is 5.82 Å². The molecule has 1 fully saturated rings. The van der Waals surface area contributed by atoms with Crippen molar-refractivity contribution < 1.29 is 9.18 Å². The number of carbonyl (C=O) groups is 1. The van der Waals surface area contributed by atoms with E-state index < -0.39 is 0 Å². The molecule has 1 aliphatic rings. The van der Waals surface area contributed by atoms with E-state index in [9.17, 15) is 9.18 Å². The second-order valence-corrected chi connectivity index (χ2v) is 6.26. The lowest BCUT2D eigenvalue weighted by Crippen LogP contribution is -2.49. The molecule has 0 N–H and O–H groups in total. The Morgan fingerprint density at radius 3 is 2.33 bits per heavy atom. The number of halogens is 1. The number of carbonyl (C=O) groups excluding carboxylic acids is 1. The summed E-state index contributed by atoms with van der Waals surface area (Å²) in [6.07, 6.45) is 1.32. The number of rotatable bonds is 5. The van der Waals surface area contributed by atoms with Gasteiger partial charge in [-0.1, -0.05) is 42.5 Å². The van der Waals surface area contributed by atoms with Crippen molar-refractivity contribution in [2.45, 2.75) is 12.8 Å². The molecule has 3 rings (SSSR count). The molecule has 0 saturated carbocycles. The average molecular weight is 326 g/mol. The molecular weight excluding hydrogens is 303 g/mol. The molecule has 2 aromatic rings. The van der Waals surface area contributed by atoms with Gasteiger partial charge in [-0.3, -0.25) is 9.69 Å². The van der Waals surface area contributed by atoms with Gasteiger partial charge in [0.25, 0.3) is 0 Å². The maximum atomic E-state index is 13.2. The predicted molar refractivity (Wildman–Crippen MR) is 93.3 cm³/mol. The highest BCUT2D eigenvalue weighted by molar-refractivity contribution is 5.78. The molecule has 0 aromatic heterocycles. The van der Waals surface area contributed by atoms with E-state index in [1.54, 1.807) is 12.1 Å². The minimum Gasteiger partial charge on any atom is -0.340 e. The Labute approximate surface area is 142 Å². The number of amides is 1. The molecule has 4 heteroatoms. The fourth-order valence-electron chi connectivity index (χ4n) is 3.09. The zero-order chi connectivity index (χ0) is 16.8. The molecule has 0 radical (unpaired) electrons. The standard InChI is InChI=1S/C20H23FN2O/c21-19-8-4-7-18(15-19)16-20(24)23-13-11-22(12-14-23)10-9-17-5-2-1-3-6-17/h1-8,15H,9-14,16H2. The van der Waals surface area contributed by atoms with Gasteiger partial charge in [-0.25, -0.2) is 4.39 Å². The second kappa shape index (κ2) is 8.06. The topological polar surface area (TPSA) is 23.6 Å². The van der Waals surface area contributed by atoms with Gasteiger partial charge in [-0.05, 0) is 29.7 Å². The van der Waals surface area contributed by atoms with Gasteiger partial charge in [0, 0.05) is 32.7 Å². The van der Waals surface area contributed by atoms with E-state index in [0.29, 0.717) is 0 Å². The fourth-order valence-corrected chi connectivity index (χ4v) is 3.09. The summed E-state index contributed by atoms with van der Waals surface area (Å²) in [7, 11) is 0. The van der Waals surface area contributed by atoms with E-state index in [2.05, 4.69) is 29.2 Å². The van der Waals surface area contributed by atoms with Crippen molar-refractivity contribution in [3.8, 4) is 0 Å². The molecule has 3 nitrogen and oxygen atoms in total. The first-order chi connectivity index (χ1) is 11.7. The molecule has 0 atom stereocenters. The van der Waals surface area contributed by atoms with Gasteiger partial charge in [0.2, 0.25) is 5.91 Å². The summed E-state index contributed by atoms with van der Waals surface area (Å²) in [6, 6.07) is 16.8. The normalized spacial score (nSPS) is 15.5. The van der Waals surface area contributed by atoms with Crippen molar-refractivity contribution in [2.24, 2.45) is 0 Å². The maximum Gasteiger partial charge on any atom is 0.227 e. The molecular formula is C20H23FN2O. The van der Waals surface area contributed by atoms with Crippen LogP contribution in [-0.4, -0.2) is 48.4 Å². The van der Waals surface area contributed by atoms with Crippen LogP contribution in [0.4, 0.5) is 4.39 Å². The molecule has 24 heavy (non-hydrogen) atoms. The van der Waals surface area contributed by atoms with Crippen LogP contribution in [0.1, 0.15) is 11.1 Å². The number of benzene rings is 2. The Bertz CT molecular complexity index is 666. The molecule has 0 unspecified atom stereocenters. The van der Waals surface area contributed by atoms with E-state index in [1.807, 2.05) is 11.0 Å². The Balaban J connectivity index is 1.43. The second-order valence-electron chi connectivity index (χ2n) is 6.26. The van der Waals surface area contributed by atoms with Crippen molar-refractivity contribution in [3.05, 3.63) is 71.5 Å². The predicted octanol–water partition coefficient (Wildman–Crippen LogP) is 2.76. The summed E-state index contributed by atoms with van der Waals surface area (Å²) < 4.78 is 13.2. The first-order valence-electron chi connectivity index (χ1n) is 8.49. The highest BCUT2D eigenvalue weighted by Gasteiger charge is 2.20. The molecule has 126 valence electrons. The van der Waals surface area contributed by atoms with Crippen LogP contribution < -0.4 is 0 Å². The SMILES string of the molecule is O=C(Cc1cccc(F)c1)N1CCN(CCc2ccccc2)CC1. The highest BCUT2D eigenvalue weighted by Crippen LogP contribution is 2.09. The molecule has 1 amide bonds. The summed E-state index contributed by atoms with van der Waals surface area (Å²) in [5.41, 5.74) is 2.09. The van der Waals surface area contributed by atoms with Crippen LogP contribution in [0.2, 0.25) is 0 Å². The lowest BCUT2D eigenvalue weighted by molar-refractivity contribution is -0.132. The van der Waals surface area contributed by atoms with Crippen LogP contribution in [0.3, 0.4) is 0 Å². The van der Waals surface area contributed by atoms with E-state index in [-0.39, 0.29) is 18.1 Å². The third kappa shape index (κ3) is 4.65. The van der Waals surface area contributed by atoms with Gasteiger partial charge in [0.05, 0.1) is 6.42 Å². The van der Waals surface area contributed by atoms with Crippen molar-refractivity contribution in [1.82, 2.24) is 9.80 Å². The summed E-state index contributed by atoms with van der Waals surface area (Å²) in [6.45, 7) is 4.34. The van der Waals surface area contributed by atoms with Gasteiger partial charge < -0.3 is 4.90 Å². The van der Waals surface area contributed by atoms with Crippen molar-refractivity contribution in [3.63, 3.8) is 0 Å². The van der Waals surface area contributed by atoms with Crippen LogP contribution in [0.15, 0.2) is 54.6 Å². The molecule has 0 aliphatic carbocycles. The average Bonchev–Trinajstić information content (AvgIpc) is 2.61. The van der Waals surface area contributed by atoms with Crippen LogP contribution in [0.5, 0.6) is 0 Å². The van der Waals surface area contributed by atoms with Crippen LogP contribution in [0, 0.1) is 5.82 Å². The monoisotopic (exact) mass is 326 g/mol. The van der Waals surface area contributed by atoms with E-state index in [0.717, 1.165) is 44.7 Å². The molecule has 2 aromatic carbocycles.